The zero-order valence-electron chi connectivity index (χ0n) is 14.8. The third-order valence-electron chi connectivity index (χ3n) is 4.45. The number of nitrogens with zero attached hydrogens (tertiary/aromatic N) is 1. The topological polar surface area (TPSA) is 44.4 Å². The van der Waals surface area contributed by atoms with Gasteiger partial charge in [-0.3, -0.25) is 4.90 Å². The summed E-state index contributed by atoms with van der Waals surface area (Å²) in [5, 5.41) is 5.94. The number of benzene rings is 1. The van der Waals surface area contributed by atoms with Crippen LogP contribution >= 0.6 is 0 Å². The molecule has 1 unspecified atom stereocenters. The molecule has 4 heteroatoms. The monoisotopic (exact) mass is 317 g/mol. The van der Waals surface area contributed by atoms with Gasteiger partial charge in [-0.2, -0.15) is 0 Å². The molecule has 2 N–H and O–H groups in total. The van der Waals surface area contributed by atoms with Gasteiger partial charge in [0.05, 0.1) is 0 Å². The molecule has 0 radical (unpaired) electrons. The molecule has 0 aromatic heterocycles. The van der Waals surface area contributed by atoms with E-state index in [1.54, 1.807) is 0 Å². The third kappa shape index (κ3) is 5.54. The first kappa shape index (κ1) is 17.8. The van der Waals surface area contributed by atoms with Gasteiger partial charge in [0.1, 0.15) is 0 Å². The Balaban J connectivity index is 1.94. The Bertz CT molecular complexity index is 501. The molecule has 1 aliphatic heterocycles. The molecule has 1 aromatic rings. The van der Waals surface area contributed by atoms with Crippen molar-refractivity contribution in [1.29, 1.82) is 0 Å². The van der Waals surface area contributed by atoms with Crippen molar-refractivity contribution in [3.8, 4) is 0 Å². The Kier molecular flexibility index (Phi) is 6.90. The number of rotatable bonds is 7. The van der Waals surface area contributed by atoms with E-state index in [4.69, 9.17) is 0 Å². The van der Waals surface area contributed by atoms with Crippen molar-refractivity contribution in [3.63, 3.8) is 0 Å². The summed E-state index contributed by atoms with van der Waals surface area (Å²) in [6.45, 7) is 10.1. The minimum Gasteiger partial charge on any atom is -0.338 e. The van der Waals surface area contributed by atoms with Crippen LogP contribution in [0.2, 0.25) is 0 Å². The zero-order chi connectivity index (χ0) is 16.7. The predicted molar refractivity (Wildman–Crippen MR) is 95.5 cm³/mol. The van der Waals surface area contributed by atoms with Crippen LogP contribution in [0.15, 0.2) is 24.3 Å². The molecule has 0 bridgehead atoms. The first-order valence-electron chi connectivity index (χ1n) is 8.92. The van der Waals surface area contributed by atoms with E-state index in [2.05, 4.69) is 60.6 Å². The number of urea groups is 1. The van der Waals surface area contributed by atoms with Crippen LogP contribution in [-0.4, -0.2) is 36.6 Å². The summed E-state index contributed by atoms with van der Waals surface area (Å²) < 4.78 is 0. The first-order valence-corrected chi connectivity index (χ1v) is 8.92. The highest BCUT2D eigenvalue weighted by molar-refractivity contribution is 5.73. The van der Waals surface area contributed by atoms with Gasteiger partial charge in [-0.1, -0.05) is 45.0 Å². The van der Waals surface area contributed by atoms with Gasteiger partial charge >= 0.3 is 6.03 Å². The molecule has 0 fully saturated rings. The lowest BCUT2D eigenvalue weighted by atomic mass is 9.95. The van der Waals surface area contributed by atoms with Crippen LogP contribution in [0, 0.1) is 5.92 Å². The molecular formula is C19H31N3O. The van der Waals surface area contributed by atoms with Crippen LogP contribution in [-0.2, 0) is 13.0 Å². The largest absolute Gasteiger partial charge is 0.338 e. The van der Waals surface area contributed by atoms with Crippen molar-refractivity contribution in [2.24, 2.45) is 5.92 Å². The van der Waals surface area contributed by atoms with Crippen molar-refractivity contribution in [3.05, 3.63) is 35.4 Å². The summed E-state index contributed by atoms with van der Waals surface area (Å²) in [6, 6.07) is 9.07. The van der Waals surface area contributed by atoms with E-state index in [9.17, 15) is 4.79 Å². The highest BCUT2D eigenvalue weighted by Gasteiger charge is 2.24. The molecule has 1 aromatic carbocycles. The fourth-order valence-electron chi connectivity index (χ4n) is 3.25. The Hall–Kier alpha value is -1.55. The summed E-state index contributed by atoms with van der Waals surface area (Å²) in [7, 11) is 0. The van der Waals surface area contributed by atoms with Crippen LogP contribution in [0.25, 0.3) is 0 Å². The quantitative estimate of drug-likeness (QED) is 0.811. The Morgan fingerprint density at radius 3 is 2.65 bits per heavy atom. The minimum atomic E-state index is -0.0435. The fourth-order valence-corrected chi connectivity index (χ4v) is 3.25. The van der Waals surface area contributed by atoms with Crippen molar-refractivity contribution in [2.75, 3.05) is 19.6 Å². The van der Waals surface area contributed by atoms with Crippen molar-refractivity contribution in [2.45, 2.75) is 52.6 Å². The summed E-state index contributed by atoms with van der Waals surface area (Å²) in [4.78, 5) is 14.4. The number of carbonyl (C=O) groups is 1. The second kappa shape index (κ2) is 8.92. The molecule has 4 nitrogen and oxygen atoms in total. The number of fused-ring (bicyclic) bond motifs is 1. The molecule has 1 heterocycles. The van der Waals surface area contributed by atoms with Crippen molar-refractivity contribution in [1.82, 2.24) is 15.5 Å². The van der Waals surface area contributed by atoms with Crippen molar-refractivity contribution >= 4 is 6.03 Å². The van der Waals surface area contributed by atoms with E-state index < -0.39 is 0 Å². The van der Waals surface area contributed by atoms with E-state index in [0.29, 0.717) is 12.0 Å². The molecular weight excluding hydrogens is 286 g/mol. The summed E-state index contributed by atoms with van der Waals surface area (Å²) in [5.74, 6) is 0.623. The van der Waals surface area contributed by atoms with Gasteiger partial charge < -0.3 is 10.6 Å². The van der Waals surface area contributed by atoms with Crippen LogP contribution in [0.3, 0.4) is 0 Å². The molecule has 23 heavy (non-hydrogen) atoms. The summed E-state index contributed by atoms with van der Waals surface area (Å²) in [5.41, 5.74) is 2.91. The van der Waals surface area contributed by atoms with Gasteiger partial charge in [-0.05, 0) is 36.3 Å². The van der Waals surface area contributed by atoms with Gasteiger partial charge in [-0.25, -0.2) is 4.79 Å². The van der Waals surface area contributed by atoms with Gasteiger partial charge in [0, 0.05) is 32.2 Å². The molecule has 0 saturated heterocycles. The molecule has 0 saturated carbocycles. The Labute approximate surface area is 140 Å². The number of hydrogen-bond donors (Lipinski definition) is 2. The van der Waals surface area contributed by atoms with Crippen molar-refractivity contribution < 1.29 is 4.79 Å². The van der Waals surface area contributed by atoms with Gasteiger partial charge in [0.25, 0.3) is 0 Å². The molecule has 1 atom stereocenters. The number of amides is 2. The second-order valence-electron chi connectivity index (χ2n) is 6.91. The maximum Gasteiger partial charge on any atom is 0.314 e. The Morgan fingerprint density at radius 2 is 1.96 bits per heavy atom. The van der Waals surface area contributed by atoms with E-state index in [1.807, 2.05) is 0 Å². The molecule has 0 spiro atoms. The van der Waals surface area contributed by atoms with Crippen LogP contribution in [0.5, 0.6) is 0 Å². The zero-order valence-corrected chi connectivity index (χ0v) is 14.8. The number of carbonyl (C=O) groups excluding carboxylic acids is 1. The Morgan fingerprint density at radius 1 is 1.22 bits per heavy atom. The molecule has 1 aliphatic rings. The van der Waals surface area contributed by atoms with Crippen LogP contribution < -0.4 is 10.6 Å². The summed E-state index contributed by atoms with van der Waals surface area (Å²) >= 11 is 0. The maximum atomic E-state index is 11.8. The lowest BCUT2D eigenvalue weighted by Gasteiger charge is -2.36. The molecule has 128 valence electrons. The minimum absolute atomic E-state index is 0.0435. The highest BCUT2D eigenvalue weighted by Crippen LogP contribution is 2.22. The van der Waals surface area contributed by atoms with E-state index in [0.717, 1.165) is 45.4 Å². The molecule has 2 amide bonds. The predicted octanol–water partition coefficient (Wildman–Crippen LogP) is 3.17. The number of nitrogens with one attached hydrogen (secondary N) is 2. The second-order valence-corrected chi connectivity index (χ2v) is 6.91. The summed E-state index contributed by atoms with van der Waals surface area (Å²) in [6.07, 6.45) is 3.18. The van der Waals surface area contributed by atoms with E-state index in [1.165, 1.54) is 11.1 Å². The third-order valence-corrected chi connectivity index (χ3v) is 4.45. The van der Waals surface area contributed by atoms with Gasteiger partial charge in [0.2, 0.25) is 0 Å². The normalized spacial score (nSPS) is 16.0. The average molecular weight is 317 g/mol. The highest BCUT2D eigenvalue weighted by atomic mass is 16.2. The van der Waals surface area contributed by atoms with Gasteiger partial charge in [-0.15, -0.1) is 0 Å². The van der Waals surface area contributed by atoms with Crippen LogP contribution in [0.4, 0.5) is 4.79 Å². The molecule has 2 rings (SSSR count). The van der Waals surface area contributed by atoms with E-state index >= 15 is 0 Å². The lowest BCUT2D eigenvalue weighted by molar-refractivity contribution is 0.154. The SMILES string of the molecule is CCCNC(=O)NCC(CC(C)C)N1CCc2ccccc2C1. The van der Waals surface area contributed by atoms with E-state index in [-0.39, 0.29) is 6.03 Å². The first-order chi connectivity index (χ1) is 11.1. The van der Waals surface area contributed by atoms with Crippen LogP contribution in [0.1, 0.15) is 44.7 Å². The average Bonchev–Trinajstić information content (AvgIpc) is 2.56. The fraction of sp³-hybridized carbons (Fsp3) is 0.632. The molecule has 0 aliphatic carbocycles. The lowest BCUT2D eigenvalue weighted by Crippen LogP contribution is -2.48. The number of hydrogen-bond acceptors (Lipinski definition) is 2. The van der Waals surface area contributed by atoms with Gasteiger partial charge in [0.15, 0.2) is 0 Å². The smallest absolute Gasteiger partial charge is 0.314 e. The standard InChI is InChI=1S/C19H31N3O/c1-4-10-20-19(23)21-13-18(12-15(2)3)22-11-9-16-7-5-6-8-17(16)14-22/h5-8,15,18H,4,9-14H2,1-3H3,(H2,20,21,23). The maximum absolute atomic E-state index is 11.8.